The van der Waals surface area contributed by atoms with Gasteiger partial charge in [-0.3, -0.25) is 24.5 Å². The molecule has 1 amide bonds. The molecule has 1 saturated heterocycles. The van der Waals surface area contributed by atoms with E-state index in [1.54, 1.807) is 42.7 Å². The number of aromatic amines is 1. The van der Waals surface area contributed by atoms with Gasteiger partial charge in [0, 0.05) is 24.4 Å². The summed E-state index contributed by atoms with van der Waals surface area (Å²) in [5, 5.41) is 11.7. The van der Waals surface area contributed by atoms with Crippen LogP contribution in [0.3, 0.4) is 0 Å². The zero-order chi connectivity index (χ0) is 32.7. The van der Waals surface area contributed by atoms with E-state index in [2.05, 4.69) is 31.0 Å². The van der Waals surface area contributed by atoms with Gasteiger partial charge < -0.3 is 18.5 Å². The zero-order valence-corrected chi connectivity index (χ0v) is 27.2. The van der Waals surface area contributed by atoms with E-state index in [9.17, 15) is 14.4 Å². The fourth-order valence-corrected chi connectivity index (χ4v) is 6.57. The Bertz CT molecular complexity index is 1550. The summed E-state index contributed by atoms with van der Waals surface area (Å²) in [6.45, 7) is 11.7. The molecule has 1 aromatic carbocycles. The number of ether oxygens (including phenoxy) is 2. The second-order valence-corrected chi connectivity index (χ2v) is 12.8. The van der Waals surface area contributed by atoms with E-state index >= 15 is 0 Å². The summed E-state index contributed by atoms with van der Waals surface area (Å²) in [6.07, 6.45) is -0.0939. The molecule has 2 N–H and O–H groups in total. The molecule has 15 heteroatoms. The summed E-state index contributed by atoms with van der Waals surface area (Å²) in [7, 11) is -1.64. The number of nitrogens with one attached hydrogen (secondary N) is 2. The van der Waals surface area contributed by atoms with Crippen molar-refractivity contribution in [2.24, 2.45) is 5.92 Å². The van der Waals surface area contributed by atoms with Gasteiger partial charge in [-0.1, -0.05) is 32.0 Å². The van der Waals surface area contributed by atoms with Crippen LogP contribution in [0.25, 0.3) is 11.2 Å². The van der Waals surface area contributed by atoms with Crippen molar-refractivity contribution in [1.29, 1.82) is 5.26 Å². The Hall–Kier alpha value is -3.73. The minimum atomic E-state index is -1.64. The van der Waals surface area contributed by atoms with E-state index in [0.717, 1.165) is 0 Å². The average Bonchev–Trinajstić information content (AvgIpc) is 3.60. The number of carbonyl (C=O) groups excluding carboxylic acids is 2. The molecule has 0 saturated carbocycles. The highest BCUT2D eigenvalue weighted by Gasteiger charge is 2.42. The molecule has 242 valence electrons. The second-order valence-electron chi connectivity index (χ2n) is 11.4. The zero-order valence-electron chi connectivity index (χ0n) is 26.3. The lowest BCUT2D eigenvalue weighted by Crippen LogP contribution is -2.36. The number of hydrogen-bond acceptors (Lipinski definition) is 11. The third-order valence-corrected chi connectivity index (χ3v) is 9.12. The fraction of sp³-hybridized carbons (Fsp3) is 0.533. The van der Waals surface area contributed by atoms with E-state index < -0.39 is 38.5 Å². The van der Waals surface area contributed by atoms with Crippen molar-refractivity contribution in [1.82, 2.24) is 24.2 Å². The molecule has 3 aromatic rings. The largest absolute Gasteiger partial charge is 0.459 e. The lowest BCUT2D eigenvalue weighted by molar-refractivity contribution is -0.118. The Balaban J connectivity index is 1.64. The van der Waals surface area contributed by atoms with E-state index in [-0.39, 0.29) is 67.1 Å². The van der Waals surface area contributed by atoms with Crippen LogP contribution in [0.4, 0.5) is 5.95 Å². The van der Waals surface area contributed by atoms with Crippen LogP contribution in [0.2, 0.25) is 0 Å². The molecule has 0 aliphatic carbocycles. The topological polar surface area (TPSA) is 174 Å². The van der Waals surface area contributed by atoms with E-state index in [1.165, 1.54) is 6.33 Å². The van der Waals surface area contributed by atoms with Crippen LogP contribution >= 0.6 is 8.53 Å². The number of amides is 1. The first-order valence-corrected chi connectivity index (χ1v) is 16.0. The van der Waals surface area contributed by atoms with Gasteiger partial charge in [0.05, 0.1) is 37.1 Å². The lowest BCUT2D eigenvalue weighted by atomic mass is 10.2. The minimum absolute atomic E-state index is 0.00832. The highest BCUT2D eigenvalue weighted by molar-refractivity contribution is 7.44. The van der Waals surface area contributed by atoms with Crippen LogP contribution in [0.15, 0.2) is 41.5 Å². The highest BCUT2D eigenvalue weighted by Crippen LogP contribution is 2.50. The van der Waals surface area contributed by atoms with Crippen LogP contribution in [-0.2, 0) is 23.3 Å². The molecule has 1 fully saturated rings. The molecule has 0 bridgehead atoms. The summed E-state index contributed by atoms with van der Waals surface area (Å²) >= 11 is 0. The summed E-state index contributed by atoms with van der Waals surface area (Å²) < 4.78 is 28.5. The van der Waals surface area contributed by atoms with Crippen molar-refractivity contribution < 1.29 is 28.1 Å². The van der Waals surface area contributed by atoms with E-state index in [1.807, 2.05) is 33.8 Å². The number of esters is 1. The highest BCUT2D eigenvalue weighted by atomic mass is 31.2. The number of anilines is 1. The van der Waals surface area contributed by atoms with Crippen molar-refractivity contribution >= 4 is 37.5 Å². The predicted molar refractivity (Wildman–Crippen MR) is 167 cm³/mol. The molecule has 0 radical (unpaired) electrons. The molecule has 1 aliphatic rings. The van der Waals surface area contributed by atoms with Gasteiger partial charge in [0.15, 0.2) is 11.2 Å². The summed E-state index contributed by atoms with van der Waals surface area (Å²) in [5.41, 5.74) is 0.167. The summed E-state index contributed by atoms with van der Waals surface area (Å²) in [4.78, 5) is 49.2. The summed E-state index contributed by atoms with van der Waals surface area (Å²) in [5.74, 6) is -1.15. The van der Waals surface area contributed by atoms with Gasteiger partial charge in [0.25, 0.3) is 14.1 Å². The quantitative estimate of drug-likeness (QED) is 0.144. The SMILES string of the molecule is CC(C)C(=O)Nc1nc2c(ncn2[C@H]2C[C@@H](OP(OCCC#N)N(C(C)C)C(C)C)[C@@H](COC(=O)c3ccccc3)O2)c(=O)[nH]1. The number of carbonyl (C=O) groups is 2. The van der Waals surface area contributed by atoms with Gasteiger partial charge in [-0.25, -0.2) is 14.4 Å². The average molecular weight is 642 g/mol. The Morgan fingerprint density at radius 3 is 2.56 bits per heavy atom. The monoisotopic (exact) mass is 641 g/mol. The number of H-pyrrole nitrogens is 1. The number of nitriles is 1. The van der Waals surface area contributed by atoms with Crippen molar-refractivity contribution in [2.45, 2.75) is 84.9 Å². The van der Waals surface area contributed by atoms with Gasteiger partial charge in [-0.2, -0.15) is 10.2 Å². The molecular weight excluding hydrogens is 601 g/mol. The summed E-state index contributed by atoms with van der Waals surface area (Å²) in [6, 6.07) is 10.9. The van der Waals surface area contributed by atoms with Crippen molar-refractivity contribution in [3.05, 3.63) is 52.6 Å². The lowest BCUT2D eigenvalue weighted by Gasteiger charge is -2.37. The third kappa shape index (κ3) is 8.51. The van der Waals surface area contributed by atoms with Crippen molar-refractivity contribution in [2.75, 3.05) is 18.5 Å². The first-order valence-electron chi connectivity index (χ1n) is 14.9. The Kier molecular flexibility index (Phi) is 11.8. The number of nitrogens with zero attached hydrogens (tertiary/aromatic N) is 5. The molecule has 0 spiro atoms. The number of hydrogen-bond donors (Lipinski definition) is 2. The predicted octanol–water partition coefficient (Wildman–Crippen LogP) is 4.52. The van der Waals surface area contributed by atoms with Crippen LogP contribution in [-0.4, -0.2) is 73.6 Å². The maximum atomic E-state index is 12.8. The molecule has 4 rings (SSSR count). The van der Waals surface area contributed by atoms with Crippen LogP contribution in [0.1, 0.15) is 71.0 Å². The van der Waals surface area contributed by atoms with Gasteiger partial charge in [-0.05, 0) is 39.8 Å². The number of benzene rings is 1. The van der Waals surface area contributed by atoms with Gasteiger partial charge in [0.1, 0.15) is 18.9 Å². The molecule has 1 unspecified atom stereocenters. The Labute approximate surface area is 263 Å². The van der Waals surface area contributed by atoms with Crippen molar-refractivity contribution in [3.63, 3.8) is 0 Å². The maximum absolute atomic E-state index is 12.8. The van der Waals surface area contributed by atoms with E-state index in [4.69, 9.17) is 23.8 Å². The molecule has 1 aliphatic heterocycles. The molecule has 4 atom stereocenters. The van der Waals surface area contributed by atoms with Crippen molar-refractivity contribution in [3.8, 4) is 6.07 Å². The number of rotatable bonds is 14. The molecular formula is C30H40N7O7P. The van der Waals surface area contributed by atoms with Crippen LogP contribution in [0.5, 0.6) is 0 Å². The van der Waals surface area contributed by atoms with Gasteiger partial charge >= 0.3 is 5.97 Å². The fourth-order valence-electron chi connectivity index (χ4n) is 4.81. The second kappa shape index (κ2) is 15.5. The smallest absolute Gasteiger partial charge is 0.338 e. The van der Waals surface area contributed by atoms with Gasteiger partial charge in [0.2, 0.25) is 11.9 Å². The molecule has 45 heavy (non-hydrogen) atoms. The van der Waals surface area contributed by atoms with Crippen LogP contribution < -0.4 is 10.9 Å². The number of fused-ring (bicyclic) bond motifs is 1. The standard InChI is InChI=1S/C30H40N7O7P/c1-18(2)27(38)34-30-33-26-25(28(39)35-30)32-17-36(26)24-15-22(23(43-24)16-41-29(40)21-11-8-7-9-12-21)44-45(42-14-10-13-31)37(19(3)4)20(5)6/h7-9,11-12,17-20,22-24H,10,14-16H2,1-6H3,(H2,33,34,35,38,39)/t22-,23-,24-,45?/m1/s1. The first kappa shape index (κ1) is 34.1. The molecule has 2 aromatic heterocycles. The van der Waals surface area contributed by atoms with Gasteiger partial charge in [-0.15, -0.1) is 0 Å². The minimum Gasteiger partial charge on any atom is -0.459 e. The van der Waals surface area contributed by atoms with Crippen LogP contribution in [0, 0.1) is 17.2 Å². The number of aromatic nitrogens is 4. The van der Waals surface area contributed by atoms with E-state index in [0.29, 0.717) is 5.56 Å². The maximum Gasteiger partial charge on any atom is 0.338 e. The Morgan fingerprint density at radius 1 is 1.20 bits per heavy atom. The molecule has 14 nitrogen and oxygen atoms in total. The first-order chi connectivity index (χ1) is 21.5. The molecule has 3 heterocycles. The number of imidazole rings is 1. The Morgan fingerprint density at radius 2 is 1.91 bits per heavy atom. The normalized spacial score (nSPS) is 19.0. The third-order valence-electron chi connectivity index (χ3n) is 6.97.